The van der Waals surface area contributed by atoms with Crippen LogP contribution in [0.3, 0.4) is 0 Å². The number of aromatic amines is 1. The molecular formula is C19H19Cl2NO5. The van der Waals surface area contributed by atoms with E-state index in [1.54, 1.807) is 13.8 Å². The number of Topliss-reactive ketones (excluding diaryl/α,β-unsaturated/α-hetero) is 2. The largest absolute Gasteiger partial charge is 0.494 e. The number of hydrogen-bond donors (Lipinski definition) is 1. The SMILES string of the molecule is COc1c(Cl)cc(C(=O)O[C@H](C)C(=O)c2[nH]c(C)c(C(C)=O)c2C)cc1Cl. The molecule has 1 aromatic carbocycles. The molecule has 0 saturated heterocycles. The molecule has 8 heteroatoms. The molecule has 0 spiro atoms. The third-order valence-electron chi connectivity index (χ3n) is 4.13. The summed E-state index contributed by atoms with van der Waals surface area (Å²) in [5.41, 5.74) is 1.92. The van der Waals surface area contributed by atoms with Crippen LogP contribution >= 0.6 is 23.2 Å². The molecule has 0 fully saturated rings. The minimum absolute atomic E-state index is 0.0919. The summed E-state index contributed by atoms with van der Waals surface area (Å²) < 4.78 is 10.3. The van der Waals surface area contributed by atoms with E-state index in [0.29, 0.717) is 16.8 Å². The molecule has 2 rings (SSSR count). The van der Waals surface area contributed by atoms with Crippen molar-refractivity contribution in [1.82, 2.24) is 4.98 Å². The van der Waals surface area contributed by atoms with E-state index < -0.39 is 17.9 Å². The second-order valence-corrected chi connectivity index (χ2v) is 6.88. The van der Waals surface area contributed by atoms with Crippen LogP contribution in [0.15, 0.2) is 12.1 Å². The maximum Gasteiger partial charge on any atom is 0.338 e. The third kappa shape index (κ3) is 4.17. The number of aryl methyl sites for hydroxylation is 1. The predicted octanol–water partition coefficient (Wildman–Crippen LogP) is 4.58. The van der Waals surface area contributed by atoms with E-state index in [9.17, 15) is 14.4 Å². The van der Waals surface area contributed by atoms with Gasteiger partial charge in [0.1, 0.15) is 0 Å². The van der Waals surface area contributed by atoms with Crippen molar-refractivity contribution >= 4 is 40.7 Å². The Bertz CT molecular complexity index is 909. The number of rotatable bonds is 6. The van der Waals surface area contributed by atoms with Gasteiger partial charge in [0.05, 0.1) is 28.4 Å². The average molecular weight is 412 g/mol. The number of carbonyl (C=O) groups excluding carboxylic acids is 3. The van der Waals surface area contributed by atoms with Crippen molar-refractivity contribution in [3.63, 3.8) is 0 Å². The van der Waals surface area contributed by atoms with Crippen molar-refractivity contribution in [1.29, 1.82) is 0 Å². The van der Waals surface area contributed by atoms with E-state index in [0.717, 1.165) is 0 Å². The molecular weight excluding hydrogens is 393 g/mol. The lowest BCUT2D eigenvalue weighted by atomic mass is 10.0. The standard InChI is InChI=1S/C19H19Cl2NO5/c1-8-15(10(3)23)9(2)22-16(8)17(24)11(4)27-19(25)12-6-13(20)18(26-5)14(21)7-12/h6-7,11,22H,1-5H3/t11-/m1/s1. The number of ketones is 2. The van der Waals surface area contributed by atoms with Crippen molar-refractivity contribution in [2.45, 2.75) is 33.8 Å². The molecule has 1 aromatic heterocycles. The lowest BCUT2D eigenvalue weighted by Crippen LogP contribution is -2.25. The zero-order chi connectivity index (χ0) is 20.5. The predicted molar refractivity (Wildman–Crippen MR) is 102 cm³/mol. The minimum atomic E-state index is -1.08. The fourth-order valence-electron chi connectivity index (χ4n) is 2.88. The highest BCUT2D eigenvalue weighted by Crippen LogP contribution is 2.34. The zero-order valence-corrected chi connectivity index (χ0v) is 17.0. The van der Waals surface area contributed by atoms with Crippen LogP contribution in [-0.2, 0) is 4.74 Å². The smallest absolute Gasteiger partial charge is 0.338 e. The Balaban J connectivity index is 2.23. The van der Waals surface area contributed by atoms with Gasteiger partial charge in [0, 0.05) is 11.3 Å². The Morgan fingerprint density at radius 1 is 1.11 bits per heavy atom. The fourth-order valence-corrected chi connectivity index (χ4v) is 3.52. The highest BCUT2D eigenvalue weighted by molar-refractivity contribution is 6.37. The summed E-state index contributed by atoms with van der Waals surface area (Å²) in [7, 11) is 1.40. The van der Waals surface area contributed by atoms with Gasteiger partial charge in [-0.15, -0.1) is 0 Å². The first-order chi connectivity index (χ1) is 12.6. The number of esters is 1. The number of hydrogen-bond acceptors (Lipinski definition) is 5. The van der Waals surface area contributed by atoms with Crippen LogP contribution in [0, 0.1) is 13.8 Å². The first-order valence-corrected chi connectivity index (χ1v) is 8.82. The van der Waals surface area contributed by atoms with Gasteiger partial charge < -0.3 is 14.5 Å². The van der Waals surface area contributed by atoms with E-state index >= 15 is 0 Å². The Hall–Kier alpha value is -2.31. The Kier molecular flexibility index (Phi) is 6.34. The second-order valence-electron chi connectivity index (χ2n) is 6.07. The molecule has 0 radical (unpaired) electrons. The molecule has 0 amide bonds. The molecule has 1 heterocycles. The molecule has 0 bridgehead atoms. The van der Waals surface area contributed by atoms with Gasteiger partial charge in [0.25, 0.3) is 0 Å². The summed E-state index contributed by atoms with van der Waals surface area (Å²) in [6.45, 7) is 6.26. The van der Waals surface area contributed by atoms with Crippen molar-refractivity contribution in [2.75, 3.05) is 7.11 Å². The summed E-state index contributed by atoms with van der Waals surface area (Å²) in [5.74, 6) is -1.10. The van der Waals surface area contributed by atoms with E-state index in [1.165, 1.54) is 33.1 Å². The summed E-state index contributed by atoms with van der Waals surface area (Å²) in [6, 6.07) is 2.70. The molecule has 27 heavy (non-hydrogen) atoms. The van der Waals surface area contributed by atoms with Gasteiger partial charge >= 0.3 is 5.97 Å². The minimum Gasteiger partial charge on any atom is -0.494 e. The highest BCUT2D eigenvalue weighted by Gasteiger charge is 2.26. The second kappa shape index (κ2) is 8.15. The Labute approximate surface area is 166 Å². The normalized spacial score (nSPS) is 11.8. The maximum atomic E-state index is 12.7. The molecule has 1 atom stereocenters. The quantitative estimate of drug-likeness (QED) is 0.555. The van der Waals surface area contributed by atoms with Crippen LogP contribution in [0.5, 0.6) is 5.75 Å². The molecule has 0 aliphatic heterocycles. The first kappa shape index (κ1) is 21.0. The number of nitrogens with one attached hydrogen (secondary N) is 1. The van der Waals surface area contributed by atoms with Gasteiger partial charge in [-0.2, -0.15) is 0 Å². The monoisotopic (exact) mass is 411 g/mol. The van der Waals surface area contributed by atoms with Crippen molar-refractivity contribution in [3.8, 4) is 5.75 Å². The number of aromatic nitrogens is 1. The molecule has 0 saturated carbocycles. The Morgan fingerprint density at radius 3 is 2.11 bits per heavy atom. The number of benzene rings is 1. The van der Waals surface area contributed by atoms with Gasteiger partial charge in [0.2, 0.25) is 5.78 Å². The van der Waals surface area contributed by atoms with Crippen molar-refractivity contribution in [2.24, 2.45) is 0 Å². The number of carbonyl (C=O) groups is 3. The Morgan fingerprint density at radius 2 is 1.67 bits per heavy atom. The molecule has 1 N–H and O–H groups in total. The van der Waals surface area contributed by atoms with E-state index in [1.807, 2.05) is 0 Å². The number of ether oxygens (including phenoxy) is 2. The molecule has 0 unspecified atom stereocenters. The van der Waals surface area contributed by atoms with Gasteiger partial charge in [-0.05, 0) is 45.4 Å². The molecule has 0 aliphatic carbocycles. The van der Waals surface area contributed by atoms with Gasteiger partial charge in [-0.25, -0.2) is 4.79 Å². The van der Waals surface area contributed by atoms with Crippen LogP contribution in [-0.4, -0.2) is 35.7 Å². The topological polar surface area (TPSA) is 85.5 Å². The van der Waals surface area contributed by atoms with E-state index in [4.69, 9.17) is 32.7 Å². The van der Waals surface area contributed by atoms with Crippen LogP contribution < -0.4 is 4.74 Å². The van der Waals surface area contributed by atoms with Crippen LogP contribution in [0.25, 0.3) is 0 Å². The lowest BCUT2D eigenvalue weighted by molar-refractivity contribution is 0.0317. The van der Waals surface area contributed by atoms with E-state index in [2.05, 4.69) is 4.98 Å². The molecule has 2 aromatic rings. The third-order valence-corrected chi connectivity index (χ3v) is 4.69. The summed E-state index contributed by atoms with van der Waals surface area (Å²) >= 11 is 12.0. The van der Waals surface area contributed by atoms with Crippen LogP contribution in [0.4, 0.5) is 0 Å². The fraction of sp³-hybridized carbons (Fsp3) is 0.316. The number of halogens is 2. The van der Waals surface area contributed by atoms with Crippen molar-refractivity contribution < 1.29 is 23.9 Å². The number of H-pyrrole nitrogens is 1. The van der Waals surface area contributed by atoms with Gasteiger partial charge in [0.15, 0.2) is 17.6 Å². The van der Waals surface area contributed by atoms with Crippen LogP contribution in [0.2, 0.25) is 10.0 Å². The highest BCUT2D eigenvalue weighted by atomic mass is 35.5. The molecule has 6 nitrogen and oxygen atoms in total. The summed E-state index contributed by atoms with van der Waals surface area (Å²) in [6.07, 6.45) is -1.08. The zero-order valence-electron chi connectivity index (χ0n) is 15.5. The van der Waals surface area contributed by atoms with Gasteiger partial charge in [-0.1, -0.05) is 23.2 Å². The lowest BCUT2D eigenvalue weighted by Gasteiger charge is -2.13. The molecule has 0 aliphatic rings. The van der Waals surface area contributed by atoms with E-state index in [-0.39, 0.29) is 32.8 Å². The van der Waals surface area contributed by atoms with Crippen molar-refractivity contribution in [3.05, 3.63) is 50.3 Å². The average Bonchev–Trinajstić information content (AvgIpc) is 2.88. The molecule has 144 valence electrons. The maximum absolute atomic E-state index is 12.7. The summed E-state index contributed by atoms with van der Waals surface area (Å²) in [4.78, 5) is 39.6. The van der Waals surface area contributed by atoms with Gasteiger partial charge in [-0.3, -0.25) is 9.59 Å². The first-order valence-electron chi connectivity index (χ1n) is 8.06. The number of methoxy groups -OCH3 is 1. The van der Waals surface area contributed by atoms with Crippen LogP contribution in [0.1, 0.15) is 56.3 Å². The summed E-state index contributed by atoms with van der Waals surface area (Å²) in [5, 5.41) is 0.302.